The highest BCUT2D eigenvalue weighted by atomic mass is 32.2. The van der Waals surface area contributed by atoms with E-state index in [4.69, 9.17) is 5.11 Å². The molecule has 1 fully saturated rings. The summed E-state index contributed by atoms with van der Waals surface area (Å²) in [5.41, 5.74) is 0. The fourth-order valence-corrected chi connectivity index (χ4v) is 2.37. The Hall–Kier alpha value is -0.910. The largest absolute Gasteiger partial charge is 0.480 e. The molecule has 0 bridgehead atoms. The Morgan fingerprint density at radius 1 is 1.42 bits per heavy atom. The van der Waals surface area contributed by atoms with Crippen molar-refractivity contribution < 1.29 is 14.7 Å². The molecular formula is C13H24N2O3S. The lowest BCUT2D eigenvalue weighted by Crippen LogP contribution is -2.49. The summed E-state index contributed by atoms with van der Waals surface area (Å²) in [6, 6.07) is -0.713. The molecule has 1 saturated carbocycles. The van der Waals surface area contributed by atoms with Crippen molar-refractivity contribution >= 4 is 23.8 Å². The second-order valence-electron chi connectivity index (χ2n) is 5.40. The van der Waals surface area contributed by atoms with E-state index >= 15 is 0 Å². The number of carboxylic acid groups (broad SMARTS) is 1. The van der Waals surface area contributed by atoms with Crippen LogP contribution >= 0.6 is 11.8 Å². The van der Waals surface area contributed by atoms with Gasteiger partial charge in [-0.3, -0.25) is 0 Å². The number of nitrogens with one attached hydrogen (secondary N) is 1. The molecule has 1 rings (SSSR count). The van der Waals surface area contributed by atoms with Crippen molar-refractivity contribution in [2.24, 2.45) is 5.92 Å². The molecule has 0 saturated heterocycles. The van der Waals surface area contributed by atoms with E-state index in [1.807, 2.05) is 6.26 Å². The van der Waals surface area contributed by atoms with Gasteiger partial charge in [0, 0.05) is 12.6 Å². The van der Waals surface area contributed by atoms with Gasteiger partial charge in [0.1, 0.15) is 6.04 Å². The highest BCUT2D eigenvalue weighted by Crippen LogP contribution is 2.27. The van der Waals surface area contributed by atoms with Crippen molar-refractivity contribution in [3.05, 3.63) is 0 Å². The lowest BCUT2D eigenvalue weighted by atomic mass is 10.2. The topological polar surface area (TPSA) is 69.6 Å². The normalized spacial score (nSPS) is 16.2. The fourth-order valence-electron chi connectivity index (χ4n) is 1.90. The number of urea groups is 1. The van der Waals surface area contributed by atoms with Crippen LogP contribution in [0.5, 0.6) is 0 Å². The molecular weight excluding hydrogens is 264 g/mol. The molecule has 0 aromatic carbocycles. The summed E-state index contributed by atoms with van der Waals surface area (Å²) < 4.78 is 0. The maximum absolute atomic E-state index is 12.2. The van der Waals surface area contributed by atoms with Crippen LogP contribution in [0.2, 0.25) is 0 Å². The lowest BCUT2D eigenvalue weighted by molar-refractivity contribution is -0.139. The molecule has 1 aliphatic rings. The number of nitrogens with zero attached hydrogens (tertiary/aromatic N) is 1. The summed E-state index contributed by atoms with van der Waals surface area (Å²) in [7, 11) is 0. The first kappa shape index (κ1) is 16.1. The zero-order valence-electron chi connectivity index (χ0n) is 11.9. The van der Waals surface area contributed by atoms with Crippen molar-refractivity contribution in [3.8, 4) is 0 Å². The highest BCUT2D eigenvalue weighted by Gasteiger charge is 2.34. The number of carbonyl (C=O) groups is 2. The number of thioether (sulfide) groups is 1. The van der Waals surface area contributed by atoms with Crippen LogP contribution in [-0.2, 0) is 4.79 Å². The van der Waals surface area contributed by atoms with Crippen LogP contribution in [0.15, 0.2) is 0 Å². The Morgan fingerprint density at radius 3 is 2.47 bits per heavy atom. The van der Waals surface area contributed by atoms with Crippen molar-refractivity contribution in [3.63, 3.8) is 0 Å². The Kier molecular flexibility index (Phi) is 6.48. The van der Waals surface area contributed by atoms with Gasteiger partial charge >= 0.3 is 12.0 Å². The monoisotopic (exact) mass is 288 g/mol. The minimum absolute atomic E-state index is 0.232. The molecule has 110 valence electrons. The second-order valence-corrected chi connectivity index (χ2v) is 6.38. The van der Waals surface area contributed by atoms with Crippen LogP contribution in [0.25, 0.3) is 0 Å². The van der Waals surface area contributed by atoms with Crippen LogP contribution < -0.4 is 5.32 Å². The SMILES string of the molecule is CSCC[C@@H](NC(=O)N(CC(C)C)C1CC1)C(=O)O. The first-order valence-corrected chi connectivity index (χ1v) is 8.14. The Balaban J connectivity index is 2.54. The first-order chi connectivity index (χ1) is 8.95. The molecule has 6 heteroatoms. The smallest absolute Gasteiger partial charge is 0.326 e. The van der Waals surface area contributed by atoms with E-state index in [0.717, 1.165) is 18.6 Å². The molecule has 0 unspecified atom stereocenters. The van der Waals surface area contributed by atoms with E-state index in [2.05, 4.69) is 19.2 Å². The number of hydrogen-bond donors (Lipinski definition) is 2. The van der Waals surface area contributed by atoms with Gasteiger partial charge in [-0.05, 0) is 37.2 Å². The van der Waals surface area contributed by atoms with Gasteiger partial charge in [-0.2, -0.15) is 11.8 Å². The van der Waals surface area contributed by atoms with Crippen molar-refractivity contribution in [1.82, 2.24) is 10.2 Å². The van der Waals surface area contributed by atoms with Crippen LogP contribution in [0.1, 0.15) is 33.1 Å². The minimum Gasteiger partial charge on any atom is -0.480 e. The van der Waals surface area contributed by atoms with Gasteiger partial charge in [-0.25, -0.2) is 9.59 Å². The summed E-state index contributed by atoms with van der Waals surface area (Å²) in [4.78, 5) is 25.1. The van der Waals surface area contributed by atoms with Gasteiger partial charge < -0.3 is 15.3 Å². The van der Waals surface area contributed by atoms with Crippen LogP contribution in [0.3, 0.4) is 0 Å². The molecule has 5 nitrogen and oxygen atoms in total. The maximum atomic E-state index is 12.2. The lowest BCUT2D eigenvalue weighted by Gasteiger charge is -2.26. The number of carbonyl (C=O) groups excluding carboxylic acids is 1. The molecule has 19 heavy (non-hydrogen) atoms. The number of hydrogen-bond acceptors (Lipinski definition) is 3. The summed E-state index contributed by atoms with van der Waals surface area (Å²) in [5.74, 6) is 0.161. The van der Waals surface area contributed by atoms with Gasteiger partial charge in [0.2, 0.25) is 0 Å². The third kappa shape index (κ3) is 5.72. The van der Waals surface area contributed by atoms with E-state index in [1.54, 1.807) is 16.7 Å². The second kappa shape index (κ2) is 7.62. The summed E-state index contributed by atoms with van der Waals surface area (Å²) in [6.07, 6.45) is 4.45. The molecule has 0 spiro atoms. The van der Waals surface area contributed by atoms with E-state index < -0.39 is 12.0 Å². The molecule has 1 atom stereocenters. The molecule has 0 aromatic rings. The molecule has 0 radical (unpaired) electrons. The average Bonchev–Trinajstić information content (AvgIpc) is 3.14. The number of amides is 2. The van der Waals surface area contributed by atoms with Crippen molar-refractivity contribution in [2.45, 2.75) is 45.2 Å². The van der Waals surface area contributed by atoms with E-state index in [1.165, 1.54) is 0 Å². The molecule has 2 N–H and O–H groups in total. The van der Waals surface area contributed by atoms with E-state index in [9.17, 15) is 9.59 Å². The van der Waals surface area contributed by atoms with Crippen molar-refractivity contribution in [1.29, 1.82) is 0 Å². The Morgan fingerprint density at radius 2 is 2.05 bits per heavy atom. The van der Waals surface area contributed by atoms with Crippen LogP contribution in [0, 0.1) is 5.92 Å². The summed E-state index contributed by atoms with van der Waals surface area (Å²) >= 11 is 1.58. The molecule has 1 aliphatic carbocycles. The van der Waals surface area contributed by atoms with Gasteiger partial charge in [0.05, 0.1) is 0 Å². The fraction of sp³-hybridized carbons (Fsp3) is 0.846. The number of aliphatic carboxylic acids is 1. The predicted octanol–water partition coefficient (Wildman–Crippen LogP) is 2.02. The van der Waals surface area contributed by atoms with E-state index in [-0.39, 0.29) is 6.03 Å². The molecule has 0 heterocycles. The van der Waals surface area contributed by atoms with Crippen LogP contribution in [-0.4, -0.2) is 52.6 Å². The first-order valence-electron chi connectivity index (χ1n) is 6.74. The molecule has 2 amide bonds. The minimum atomic E-state index is -0.956. The van der Waals surface area contributed by atoms with Gasteiger partial charge in [0.15, 0.2) is 0 Å². The zero-order valence-corrected chi connectivity index (χ0v) is 12.7. The van der Waals surface area contributed by atoms with E-state index in [0.29, 0.717) is 24.9 Å². The standard InChI is InChI=1S/C13H24N2O3S/c1-9(2)8-15(10-4-5-10)13(18)14-11(12(16)17)6-7-19-3/h9-11H,4-8H2,1-3H3,(H,14,18)(H,16,17)/t11-/m1/s1. The number of rotatable bonds is 8. The third-order valence-corrected chi connectivity index (χ3v) is 3.66. The summed E-state index contributed by atoms with van der Waals surface area (Å²) in [5, 5.41) is 11.8. The molecule has 0 aromatic heterocycles. The quantitative estimate of drug-likeness (QED) is 0.717. The average molecular weight is 288 g/mol. The molecule has 0 aliphatic heterocycles. The Labute approximate surface area is 119 Å². The Bertz CT molecular complexity index is 319. The van der Waals surface area contributed by atoms with Gasteiger partial charge in [-0.15, -0.1) is 0 Å². The van der Waals surface area contributed by atoms with Crippen molar-refractivity contribution in [2.75, 3.05) is 18.6 Å². The maximum Gasteiger partial charge on any atom is 0.326 e. The zero-order chi connectivity index (χ0) is 14.4. The third-order valence-electron chi connectivity index (χ3n) is 3.02. The van der Waals surface area contributed by atoms with Crippen LogP contribution in [0.4, 0.5) is 4.79 Å². The summed E-state index contributed by atoms with van der Waals surface area (Å²) in [6.45, 7) is 4.81. The highest BCUT2D eigenvalue weighted by molar-refractivity contribution is 7.98. The van der Waals surface area contributed by atoms with Gasteiger partial charge in [0.25, 0.3) is 0 Å². The van der Waals surface area contributed by atoms with Gasteiger partial charge in [-0.1, -0.05) is 13.8 Å². The number of carboxylic acids is 1. The predicted molar refractivity (Wildman–Crippen MR) is 77.5 cm³/mol.